The van der Waals surface area contributed by atoms with Gasteiger partial charge >= 0.3 is 0 Å². The summed E-state index contributed by atoms with van der Waals surface area (Å²) < 4.78 is 6.48. The summed E-state index contributed by atoms with van der Waals surface area (Å²) in [6.07, 6.45) is -0.728. The van der Waals surface area contributed by atoms with Crippen molar-refractivity contribution in [3.8, 4) is 5.75 Å². The van der Waals surface area contributed by atoms with Crippen LogP contribution in [0.25, 0.3) is 0 Å². The molecule has 1 aliphatic rings. The van der Waals surface area contributed by atoms with Crippen molar-refractivity contribution < 1.29 is 19.1 Å². The van der Waals surface area contributed by atoms with Gasteiger partial charge in [-0.2, -0.15) is 0 Å². The third-order valence-corrected chi connectivity index (χ3v) is 5.36. The van der Waals surface area contributed by atoms with Gasteiger partial charge in [0, 0.05) is 21.4 Å². The fourth-order valence-corrected chi connectivity index (χ4v) is 3.75. The molecule has 0 bridgehead atoms. The average molecular weight is 494 g/mol. The number of benzene rings is 3. The third kappa shape index (κ3) is 4.81. The van der Waals surface area contributed by atoms with Crippen molar-refractivity contribution in [2.45, 2.75) is 13.0 Å². The fraction of sp³-hybridized carbons (Fsp3) is 0.125. The van der Waals surface area contributed by atoms with E-state index in [2.05, 4.69) is 26.6 Å². The summed E-state index contributed by atoms with van der Waals surface area (Å²) in [6.45, 7) is 1.45. The second-order valence-corrected chi connectivity index (χ2v) is 8.16. The molecule has 1 aliphatic heterocycles. The van der Waals surface area contributed by atoms with Crippen molar-refractivity contribution in [2.24, 2.45) is 0 Å². The van der Waals surface area contributed by atoms with E-state index in [9.17, 15) is 14.4 Å². The number of nitrogens with zero attached hydrogens (tertiary/aromatic N) is 1. The summed E-state index contributed by atoms with van der Waals surface area (Å²) in [5.41, 5.74) is 2.02. The number of fused-ring (bicyclic) bond motifs is 1. The van der Waals surface area contributed by atoms with E-state index in [1.807, 2.05) is 24.3 Å². The molecule has 0 spiro atoms. The molecule has 1 unspecified atom stereocenters. The van der Waals surface area contributed by atoms with Crippen molar-refractivity contribution in [3.63, 3.8) is 0 Å². The number of anilines is 3. The minimum atomic E-state index is -0.728. The maximum absolute atomic E-state index is 12.8. The van der Waals surface area contributed by atoms with Gasteiger partial charge in [0.15, 0.2) is 6.10 Å². The molecule has 1 heterocycles. The minimum absolute atomic E-state index is 0.183. The van der Waals surface area contributed by atoms with Crippen molar-refractivity contribution in [1.29, 1.82) is 0 Å². The van der Waals surface area contributed by atoms with Crippen LogP contribution in [0, 0.1) is 0 Å². The zero-order valence-corrected chi connectivity index (χ0v) is 18.8. The Hall–Kier alpha value is -3.65. The first-order chi connectivity index (χ1) is 15.4. The average Bonchev–Trinajstić information content (AvgIpc) is 2.78. The van der Waals surface area contributed by atoms with Crippen molar-refractivity contribution in [3.05, 3.63) is 82.8 Å². The summed E-state index contributed by atoms with van der Waals surface area (Å²) in [7, 11) is 0. The molecule has 1 atom stereocenters. The molecule has 0 aliphatic carbocycles. The molecule has 32 heavy (non-hydrogen) atoms. The normalized spacial score (nSPS) is 14.9. The van der Waals surface area contributed by atoms with E-state index >= 15 is 0 Å². The number of hydrogen-bond donors (Lipinski definition) is 2. The van der Waals surface area contributed by atoms with Crippen molar-refractivity contribution >= 4 is 50.7 Å². The van der Waals surface area contributed by atoms with Crippen LogP contribution in [-0.2, 0) is 9.59 Å². The van der Waals surface area contributed by atoms with Crippen LogP contribution in [0.5, 0.6) is 5.75 Å². The highest BCUT2D eigenvalue weighted by Gasteiger charge is 2.33. The monoisotopic (exact) mass is 493 g/mol. The lowest BCUT2D eigenvalue weighted by atomic mass is 10.1. The molecule has 3 aromatic rings. The van der Waals surface area contributed by atoms with Crippen LogP contribution in [-0.4, -0.2) is 30.4 Å². The van der Waals surface area contributed by atoms with Crippen molar-refractivity contribution in [2.75, 3.05) is 22.1 Å². The lowest BCUT2D eigenvalue weighted by Crippen LogP contribution is -2.47. The Labute approximate surface area is 193 Å². The maximum Gasteiger partial charge on any atom is 0.268 e. The standard InChI is InChI=1S/C24H20BrN3O4/c1-15-24(31)28(14-22(29)26-18-8-3-2-4-9-18)20-13-19(10-11-21(20)32-15)27-23(30)16-6-5-7-17(25)12-16/h2-13,15H,14H2,1H3,(H,26,29)(H,27,30). The molecule has 0 fully saturated rings. The molecule has 3 amide bonds. The lowest BCUT2D eigenvalue weighted by molar-refractivity contribution is -0.127. The maximum atomic E-state index is 12.8. The van der Waals surface area contributed by atoms with Gasteiger partial charge in [-0.05, 0) is 55.5 Å². The summed E-state index contributed by atoms with van der Waals surface area (Å²) >= 11 is 3.35. The second kappa shape index (κ2) is 9.23. The first kappa shape index (κ1) is 21.6. The van der Waals surface area contributed by atoms with E-state index < -0.39 is 6.10 Å². The van der Waals surface area contributed by atoms with Crippen molar-refractivity contribution in [1.82, 2.24) is 0 Å². The Morgan fingerprint density at radius 1 is 0.969 bits per heavy atom. The van der Waals surface area contributed by atoms with Crippen LogP contribution in [0.1, 0.15) is 17.3 Å². The van der Waals surface area contributed by atoms with Gasteiger partial charge in [0.2, 0.25) is 5.91 Å². The van der Waals surface area contributed by atoms with Crippen LogP contribution in [0.2, 0.25) is 0 Å². The molecule has 8 heteroatoms. The van der Waals surface area contributed by atoms with E-state index in [0.29, 0.717) is 28.4 Å². The molecule has 2 N–H and O–H groups in total. The molecule has 0 saturated carbocycles. The van der Waals surface area contributed by atoms with Crippen LogP contribution < -0.4 is 20.3 Å². The van der Waals surface area contributed by atoms with E-state index in [0.717, 1.165) is 4.47 Å². The number of carbonyl (C=O) groups is 3. The van der Waals surface area contributed by atoms with Gasteiger partial charge < -0.3 is 15.4 Å². The Balaban J connectivity index is 1.56. The predicted octanol–water partition coefficient (Wildman–Crippen LogP) is 4.45. The minimum Gasteiger partial charge on any atom is -0.479 e. The van der Waals surface area contributed by atoms with Crippen LogP contribution >= 0.6 is 15.9 Å². The number of carbonyl (C=O) groups excluding carboxylic acids is 3. The van der Waals surface area contributed by atoms with Gasteiger partial charge in [-0.3, -0.25) is 19.3 Å². The van der Waals surface area contributed by atoms with E-state index in [1.165, 1.54) is 4.90 Å². The number of nitrogens with one attached hydrogen (secondary N) is 2. The molecule has 3 aromatic carbocycles. The van der Waals surface area contributed by atoms with Crippen LogP contribution in [0.3, 0.4) is 0 Å². The molecule has 7 nitrogen and oxygen atoms in total. The highest BCUT2D eigenvalue weighted by atomic mass is 79.9. The third-order valence-electron chi connectivity index (χ3n) is 4.87. The van der Waals surface area contributed by atoms with Gasteiger partial charge in [0.25, 0.3) is 11.8 Å². The van der Waals surface area contributed by atoms with E-state index in [-0.39, 0.29) is 24.3 Å². The number of para-hydroxylation sites is 1. The molecular formula is C24H20BrN3O4. The number of halogens is 1. The van der Waals surface area contributed by atoms with Gasteiger partial charge in [-0.25, -0.2) is 0 Å². The second-order valence-electron chi connectivity index (χ2n) is 7.25. The highest BCUT2D eigenvalue weighted by molar-refractivity contribution is 9.10. The van der Waals surface area contributed by atoms with E-state index in [4.69, 9.17) is 4.74 Å². The van der Waals surface area contributed by atoms with Crippen LogP contribution in [0.4, 0.5) is 17.1 Å². The zero-order valence-electron chi connectivity index (χ0n) is 17.2. The SMILES string of the molecule is CC1Oc2ccc(NC(=O)c3cccc(Br)c3)cc2N(CC(=O)Nc2ccccc2)C1=O. The quantitative estimate of drug-likeness (QED) is 0.549. The summed E-state index contributed by atoms with van der Waals surface area (Å²) in [4.78, 5) is 39.4. The highest BCUT2D eigenvalue weighted by Crippen LogP contribution is 2.36. The Morgan fingerprint density at radius 3 is 2.50 bits per heavy atom. The summed E-state index contributed by atoms with van der Waals surface area (Å²) in [5.74, 6) is -0.509. The molecule has 0 saturated heterocycles. The van der Waals surface area contributed by atoms with E-state index in [1.54, 1.807) is 55.5 Å². The molecular weight excluding hydrogens is 474 g/mol. The topological polar surface area (TPSA) is 87.7 Å². The summed E-state index contributed by atoms with van der Waals surface area (Å²) in [5, 5.41) is 5.60. The lowest BCUT2D eigenvalue weighted by Gasteiger charge is -2.33. The fourth-order valence-electron chi connectivity index (χ4n) is 3.35. The zero-order chi connectivity index (χ0) is 22.7. The largest absolute Gasteiger partial charge is 0.479 e. The van der Waals surface area contributed by atoms with Crippen LogP contribution in [0.15, 0.2) is 77.3 Å². The molecule has 4 rings (SSSR count). The molecule has 162 valence electrons. The van der Waals surface area contributed by atoms with Gasteiger partial charge in [-0.1, -0.05) is 40.2 Å². The number of rotatable bonds is 5. The van der Waals surface area contributed by atoms with Gasteiger partial charge in [0.1, 0.15) is 12.3 Å². The molecule has 0 radical (unpaired) electrons. The van der Waals surface area contributed by atoms with Gasteiger partial charge in [0.05, 0.1) is 5.69 Å². The summed E-state index contributed by atoms with van der Waals surface area (Å²) in [6, 6.07) is 21.0. The number of ether oxygens (including phenoxy) is 1. The van der Waals surface area contributed by atoms with Gasteiger partial charge in [-0.15, -0.1) is 0 Å². The number of amides is 3. The number of hydrogen-bond acceptors (Lipinski definition) is 4. The Kier molecular flexibility index (Phi) is 6.23. The molecule has 0 aromatic heterocycles. The smallest absolute Gasteiger partial charge is 0.268 e. The first-order valence-electron chi connectivity index (χ1n) is 9.94. The first-order valence-corrected chi connectivity index (χ1v) is 10.7. The predicted molar refractivity (Wildman–Crippen MR) is 126 cm³/mol. The Morgan fingerprint density at radius 2 is 1.75 bits per heavy atom. The Bertz CT molecular complexity index is 1180.